The monoisotopic (exact) mass is 323 g/mol. The van der Waals surface area contributed by atoms with Crippen LogP contribution < -0.4 is 10.1 Å². The van der Waals surface area contributed by atoms with Crippen LogP contribution in [0.5, 0.6) is 5.75 Å². The van der Waals surface area contributed by atoms with Crippen LogP contribution in [0.15, 0.2) is 42.5 Å². The van der Waals surface area contributed by atoms with Crippen LogP contribution in [0.3, 0.4) is 0 Å². The van der Waals surface area contributed by atoms with Crippen LogP contribution in [0.1, 0.15) is 11.1 Å². The van der Waals surface area contributed by atoms with Gasteiger partial charge in [0.15, 0.2) is 11.7 Å². The van der Waals surface area contributed by atoms with Crippen molar-refractivity contribution < 1.29 is 9.53 Å². The molecule has 0 aliphatic carbocycles. The number of aryl methyl sites for hydroxylation is 1. The molecule has 1 aromatic heterocycles. The Morgan fingerprint density at radius 2 is 2.09 bits per heavy atom. The molecule has 1 heterocycles. The fourth-order valence-electron chi connectivity index (χ4n) is 2.07. The first-order chi connectivity index (χ1) is 11.2. The second-order valence-electron chi connectivity index (χ2n) is 4.91. The fourth-order valence-corrected chi connectivity index (χ4v) is 3.03. The summed E-state index contributed by atoms with van der Waals surface area (Å²) >= 11 is 1.43. The van der Waals surface area contributed by atoms with E-state index in [9.17, 15) is 4.79 Å². The molecule has 23 heavy (non-hydrogen) atoms. The lowest BCUT2D eigenvalue weighted by Gasteiger charge is -2.05. The third-order valence-electron chi connectivity index (χ3n) is 3.22. The Labute approximate surface area is 137 Å². The Bertz CT molecular complexity index is 894. The molecule has 3 rings (SSSR count). The number of benzene rings is 2. The van der Waals surface area contributed by atoms with Crippen molar-refractivity contribution in [1.29, 1.82) is 5.26 Å². The molecule has 1 N–H and O–H groups in total. The van der Waals surface area contributed by atoms with E-state index in [2.05, 4.69) is 10.3 Å². The minimum absolute atomic E-state index is 0.110. The minimum Gasteiger partial charge on any atom is -0.484 e. The quantitative estimate of drug-likeness (QED) is 0.797. The highest BCUT2D eigenvalue weighted by Gasteiger charge is 2.09. The lowest BCUT2D eigenvalue weighted by atomic mass is 10.2. The Morgan fingerprint density at radius 1 is 1.30 bits per heavy atom. The molecule has 0 aliphatic heterocycles. The van der Waals surface area contributed by atoms with Crippen molar-refractivity contribution in [3.63, 3.8) is 0 Å². The molecule has 3 aromatic rings. The normalized spacial score (nSPS) is 10.3. The average molecular weight is 323 g/mol. The topological polar surface area (TPSA) is 75.0 Å². The number of ether oxygens (including phenoxy) is 1. The van der Waals surface area contributed by atoms with Crippen LogP contribution in [-0.2, 0) is 4.79 Å². The largest absolute Gasteiger partial charge is 0.484 e. The van der Waals surface area contributed by atoms with E-state index in [0.717, 1.165) is 15.8 Å². The number of hydrogen-bond acceptors (Lipinski definition) is 5. The SMILES string of the molecule is Cc1cccc2sc(NC(=O)COc3ccc(C#N)cc3)nc12. The molecule has 0 spiro atoms. The molecule has 0 unspecified atom stereocenters. The van der Waals surface area contributed by atoms with E-state index in [0.29, 0.717) is 16.4 Å². The summed E-state index contributed by atoms with van der Waals surface area (Å²) in [5.74, 6) is 0.269. The van der Waals surface area contributed by atoms with Gasteiger partial charge in [-0.1, -0.05) is 23.5 Å². The first-order valence-electron chi connectivity index (χ1n) is 6.94. The summed E-state index contributed by atoms with van der Waals surface area (Å²) in [7, 11) is 0. The molecular weight excluding hydrogens is 310 g/mol. The maximum atomic E-state index is 11.9. The summed E-state index contributed by atoms with van der Waals surface area (Å²) in [6, 6.07) is 14.6. The average Bonchev–Trinajstić information content (AvgIpc) is 2.97. The van der Waals surface area contributed by atoms with Crippen molar-refractivity contribution in [3.8, 4) is 11.8 Å². The van der Waals surface area contributed by atoms with Crippen molar-refractivity contribution in [3.05, 3.63) is 53.6 Å². The second-order valence-corrected chi connectivity index (χ2v) is 5.94. The molecule has 5 nitrogen and oxygen atoms in total. The van der Waals surface area contributed by atoms with E-state index in [1.165, 1.54) is 11.3 Å². The summed E-state index contributed by atoms with van der Waals surface area (Å²) in [6.07, 6.45) is 0. The number of thiazole rings is 1. The molecule has 0 bridgehead atoms. The number of amides is 1. The zero-order valence-electron chi connectivity index (χ0n) is 12.4. The van der Waals surface area contributed by atoms with Crippen LogP contribution in [0.4, 0.5) is 5.13 Å². The summed E-state index contributed by atoms with van der Waals surface area (Å²) in [4.78, 5) is 16.4. The molecule has 6 heteroatoms. The third kappa shape index (κ3) is 3.47. The van der Waals surface area contributed by atoms with Crippen LogP contribution in [0.25, 0.3) is 10.2 Å². The number of hydrogen-bond donors (Lipinski definition) is 1. The molecule has 2 aromatic carbocycles. The number of nitrogens with zero attached hydrogens (tertiary/aromatic N) is 2. The van der Waals surface area contributed by atoms with Gasteiger partial charge in [-0.25, -0.2) is 4.98 Å². The molecular formula is C17H13N3O2S. The van der Waals surface area contributed by atoms with Gasteiger partial charge in [-0.3, -0.25) is 10.1 Å². The summed E-state index contributed by atoms with van der Waals surface area (Å²) in [5, 5.41) is 12.0. The highest BCUT2D eigenvalue weighted by Crippen LogP contribution is 2.27. The number of aromatic nitrogens is 1. The van der Waals surface area contributed by atoms with Crippen LogP contribution >= 0.6 is 11.3 Å². The first kappa shape index (κ1) is 15.0. The van der Waals surface area contributed by atoms with Crippen molar-refractivity contribution in [2.75, 3.05) is 11.9 Å². The van der Waals surface area contributed by atoms with Crippen molar-refractivity contribution in [1.82, 2.24) is 4.98 Å². The maximum absolute atomic E-state index is 11.9. The minimum atomic E-state index is -0.272. The van der Waals surface area contributed by atoms with Gasteiger partial charge in [0.1, 0.15) is 5.75 Å². The fraction of sp³-hybridized carbons (Fsp3) is 0.118. The lowest BCUT2D eigenvalue weighted by molar-refractivity contribution is -0.118. The van der Waals surface area contributed by atoms with E-state index >= 15 is 0 Å². The number of rotatable bonds is 4. The van der Waals surface area contributed by atoms with Crippen LogP contribution in [0.2, 0.25) is 0 Å². The predicted octanol–water partition coefficient (Wildman–Crippen LogP) is 3.49. The standard InChI is InChI=1S/C17H13N3O2S/c1-11-3-2-4-14-16(11)20-17(23-14)19-15(21)10-22-13-7-5-12(9-18)6-8-13/h2-8H,10H2,1H3,(H,19,20,21). The smallest absolute Gasteiger partial charge is 0.264 e. The maximum Gasteiger partial charge on any atom is 0.264 e. The highest BCUT2D eigenvalue weighted by atomic mass is 32.1. The summed E-state index contributed by atoms with van der Waals surface area (Å²) in [5.41, 5.74) is 2.53. The second kappa shape index (κ2) is 6.46. The van der Waals surface area contributed by atoms with Gasteiger partial charge in [0.2, 0.25) is 0 Å². The Morgan fingerprint density at radius 3 is 2.78 bits per heavy atom. The molecule has 0 atom stereocenters. The molecule has 0 fully saturated rings. The number of carbonyl (C=O) groups excluding carboxylic acids is 1. The van der Waals surface area contributed by atoms with Crippen molar-refractivity contribution in [2.45, 2.75) is 6.92 Å². The zero-order chi connectivity index (χ0) is 16.2. The third-order valence-corrected chi connectivity index (χ3v) is 4.16. The van der Waals surface area contributed by atoms with E-state index in [4.69, 9.17) is 10.00 Å². The molecule has 0 aliphatic rings. The van der Waals surface area contributed by atoms with Crippen LogP contribution in [-0.4, -0.2) is 17.5 Å². The first-order valence-corrected chi connectivity index (χ1v) is 7.76. The molecule has 0 saturated heterocycles. The summed E-state index contributed by atoms with van der Waals surface area (Å²) < 4.78 is 6.43. The van der Waals surface area contributed by atoms with Gasteiger partial charge in [-0.05, 0) is 42.8 Å². The Kier molecular flexibility index (Phi) is 4.22. The highest BCUT2D eigenvalue weighted by molar-refractivity contribution is 7.22. The van der Waals surface area contributed by atoms with Gasteiger partial charge in [-0.15, -0.1) is 0 Å². The molecule has 114 valence electrons. The van der Waals surface area contributed by atoms with Crippen molar-refractivity contribution >= 4 is 32.6 Å². The van der Waals surface area contributed by atoms with Gasteiger partial charge in [0.05, 0.1) is 21.8 Å². The Balaban J connectivity index is 1.62. The van der Waals surface area contributed by atoms with E-state index < -0.39 is 0 Å². The van der Waals surface area contributed by atoms with E-state index in [-0.39, 0.29) is 12.5 Å². The molecule has 1 amide bonds. The van der Waals surface area contributed by atoms with Gasteiger partial charge < -0.3 is 4.74 Å². The van der Waals surface area contributed by atoms with Crippen molar-refractivity contribution in [2.24, 2.45) is 0 Å². The number of nitrogens with one attached hydrogen (secondary N) is 1. The van der Waals surface area contributed by atoms with Gasteiger partial charge in [-0.2, -0.15) is 5.26 Å². The number of carbonyl (C=O) groups is 1. The number of para-hydroxylation sites is 1. The lowest BCUT2D eigenvalue weighted by Crippen LogP contribution is -2.19. The number of anilines is 1. The van der Waals surface area contributed by atoms with Gasteiger partial charge in [0.25, 0.3) is 5.91 Å². The van der Waals surface area contributed by atoms with Crippen LogP contribution in [0, 0.1) is 18.3 Å². The number of fused-ring (bicyclic) bond motifs is 1. The van der Waals surface area contributed by atoms with Gasteiger partial charge >= 0.3 is 0 Å². The predicted molar refractivity (Wildman–Crippen MR) is 89.6 cm³/mol. The summed E-state index contributed by atoms with van der Waals surface area (Å²) in [6.45, 7) is 1.88. The zero-order valence-corrected chi connectivity index (χ0v) is 13.2. The van der Waals surface area contributed by atoms with E-state index in [1.54, 1.807) is 24.3 Å². The Hall–Kier alpha value is -2.91. The molecule has 0 radical (unpaired) electrons. The van der Waals surface area contributed by atoms with E-state index in [1.807, 2.05) is 31.2 Å². The molecule has 0 saturated carbocycles. The number of nitriles is 1. The van der Waals surface area contributed by atoms with Gasteiger partial charge in [0, 0.05) is 0 Å².